The van der Waals surface area contributed by atoms with Gasteiger partial charge in [0.15, 0.2) is 5.96 Å². The van der Waals surface area contributed by atoms with Gasteiger partial charge in [0.2, 0.25) is 0 Å². The molecule has 0 unspecified atom stereocenters. The fraction of sp³-hybridized carbons (Fsp3) is 0.636. The molecule has 1 amide bonds. The number of nitrogens with zero attached hydrogens (tertiary/aromatic N) is 2. The number of ether oxygens (including phenoxy) is 1. The first-order chi connectivity index (χ1) is 14.2. The smallest absolute Gasteiger partial charge is 0.251 e. The van der Waals surface area contributed by atoms with Crippen LogP contribution in [0.3, 0.4) is 0 Å². The molecule has 3 N–H and O–H groups in total. The van der Waals surface area contributed by atoms with Gasteiger partial charge in [-0.2, -0.15) is 0 Å². The summed E-state index contributed by atoms with van der Waals surface area (Å²) in [7, 11) is 3.45. The Labute approximate surface area is 174 Å². The van der Waals surface area contributed by atoms with Crippen LogP contribution in [-0.4, -0.2) is 69.2 Å². The summed E-state index contributed by atoms with van der Waals surface area (Å²) in [6.07, 6.45) is 6.37. The fourth-order valence-corrected chi connectivity index (χ4v) is 4.47. The van der Waals surface area contributed by atoms with Gasteiger partial charge >= 0.3 is 0 Å². The van der Waals surface area contributed by atoms with E-state index in [4.69, 9.17) is 4.74 Å². The maximum absolute atomic E-state index is 11.8. The molecule has 1 aromatic rings. The van der Waals surface area contributed by atoms with Gasteiger partial charge in [0.1, 0.15) is 0 Å². The van der Waals surface area contributed by atoms with Crippen LogP contribution in [0, 0.1) is 0 Å². The quantitative estimate of drug-likeness (QED) is 0.500. The summed E-state index contributed by atoms with van der Waals surface area (Å²) < 4.78 is 5.58. The molecule has 0 radical (unpaired) electrons. The van der Waals surface area contributed by atoms with Gasteiger partial charge in [0.25, 0.3) is 5.91 Å². The van der Waals surface area contributed by atoms with E-state index in [9.17, 15) is 4.79 Å². The Morgan fingerprint density at radius 2 is 1.93 bits per heavy atom. The first-order valence-electron chi connectivity index (χ1n) is 10.8. The molecule has 1 aliphatic heterocycles. The van der Waals surface area contributed by atoms with Crippen LogP contribution < -0.4 is 16.0 Å². The highest BCUT2D eigenvalue weighted by Crippen LogP contribution is 2.33. The molecule has 2 aliphatic rings. The minimum absolute atomic E-state index is 0.0703. The summed E-state index contributed by atoms with van der Waals surface area (Å²) in [5.41, 5.74) is 1.91. The molecule has 7 heteroatoms. The van der Waals surface area contributed by atoms with Gasteiger partial charge in [-0.05, 0) is 30.5 Å². The third kappa shape index (κ3) is 5.70. The number of carbonyl (C=O) groups is 1. The van der Waals surface area contributed by atoms with E-state index >= 15 is 0 Å². The molecule has 1 aliphatic carbocycles. The number of hydrogen-bond acceptors (Lipinski definition) is 4. The van der Waals surface area contributed by atoms with Crippen molar-refractivity contribution >= 4 is 11.9 Å². The molecular formula is C22H35N5O2. The molecule has 7 nitrogen and oxygen atoms in total. The highest BCUT2D eigenvalue weighted by atomic mass is 16.5. The predicted octanol–water partition coefficient (Wildman–Crippen LogP) is 1.75. The molecule has 1 heterocycles. The Morgan fingerprint density at radius 3 is 2.62 bits per heavy atom. The number of nitrogens with one attached hydrogen (secondary N) is 3. The van der Waals surface area contributed by atoms with Crippen LogP contribution >= 0.6 is 0 Å². The second-order valence-corrected chi connectivity index (χ2v) is 7.94. The number of benzene rings is 1. The number of hydrogen-bond donors (Lipinski definition) is 3. The molecule has 1 saturated carbocycles. The molecule has 0 bridgehead atoms. The summed E-state index contributed by atoms with van der Waals surface area (Å²) in [6.45, 7) is 5.20. The van der Waals surface area contributed by atoms with Gasteiger partial charge in [0, 0.05) is 51.4 Å². The lowest BCUT2D eigenvalue weighted by molar-refractivity contribution is -0.0352. The zero-order valence-corrected chi connectivity index (χ0v) is 17.8. The highest BCUT2D eigenvalue weighted by molar-refractivity contribution is 5.94. The zero-order chi connectivity index (χ0) is 20.5. The van der Waals surface area contributed by atoms with Crippen molar-refractivity contribution in [2.24, 2.45) is 4.99 Å². The van der Waals surface area contributed by atoms with Crippen molar-refractivity contribution in [2.75, 3.05) is 46.9 Å². The largest absolute Gasteiger partial charge is 0.379 e. The van der Waals surface area contributed by atoms with E-state index in [1.807, 2.05) is 24.3 Å². The minimum Gasteiger partial charge on any atom is -0.379 e. The fourth-order valence-electron chi connectivity index (χ4n) is 4.47. The second-order valence-electron chi connectivity index (χ2n) is 7.94. The third-order valence-corrected chi connectivity index (χ3v) is 6.15. The molecule has 0 spiro atoms. The summed E-state index contributed by atoms with van der Waals surface area (Å²) in [5, 5.41) is 9.63. The van der Waals surface area contributed by atoms with Crippen molar-refractivity contribution < 1.29 is 9.53 Å². The predicted molar refractivity (Wildman–Crippen MR) is 116 cm³/mol. The Kier molecular flexibility index (Phi) is 7.89. The third-order valence-electron chi connectivity index (χ3n) is 6.15. The topological polar surface area (TPSA) is 78.0 Å². The summed E-state index contributed by atoms with van der Waals surface area (Å²) in [4.78, 5) is 18.9. The van der Waals surface area contributed by atoms with Crippen molar-refractivity contribution in [3.63, 3.8) is 0 Å². The molecule has 0 atom stereocenters. The van der Waals surface area contributed by atoms with Crippen LogP contribution in [0.2, 0.25) is 0 Å². The van der Waals surface area contributed by atoms with E-state index in [-0.39, 0.29) is 11.4 Å². The lowest BCUT2D eigenvalue weighted by atomic mass is 9.80. The summed E-state index contributed by atoms with van der Waals surface area (Å²) >= 11 is 0. The maximum atomic E-state index is 11.8. The number of rotatable bonds is 6. The van der Waals surface area contributed by atoms with Crippen molar-refractivity contribution in [3.8, 4) is 0 Å². The second kappa shape index (κ2) is 10.6. The molecular weight excluding hydrogens is 366 g/mol. The monoisotopic (exact) mass is 401 g/mol. The average Bonchev–Trinajstić information content (AvgIpc) is 2.80. The standard InChI is InChI=1S/C22H35N5O2/c1-23-20(28)19-8-6-7-18(15-19)16-25-21(24-2)26-17-22(9-4-3-5-10-22)27-11-13-29-14-12-27/h6-8,15H,3-5,9-14,16-17H2,1-2H3,(H,23,28)(H2,24,25,26). The van der Waals surface area contributed by atoms with E-state index in [2.05, 4.69) is 25.8 Å². The van der Waals surface area contributed by atoms with E-state index in [0.29, 0.717) is 12.1 Å². The van der Waals surface area contributed by atoms with Crippen molar-refractivity contribution in [2.45, 2.75) is 44.2 Å². The number of aliphatic imine (C=N–C) groups is 1. The van der Waals surface area contributed by atoms with E-state index in [0.717, 1.165) is 44.4 Å². The number of morpholine rings is 1. The molecule has 29 heavy (non-hydrogen) atoms. The molecule has 1 aromatic carbocycles. The van der Waals surface area contributed by atoms with Crippen molar-refractivity contribution in [3.05, 3.63) is 35.4 Å². The Morgan fingerprint density at radius 1 is 1.17 bits per heavy atom. The zero-order valence-electron chi connectivity index (χ0n) is 17.8. The van der Waals surface area contributed by atoms with Gasteiger partial charge < -0.3 is 20.7 Å². The number of amides is 1. The normalized spacial score (nSPS) is 20.1. The number of guanidine groups is 1. The van der Waals surface area contributed by atoms with Gasteiger partial charge in [-0.3, -0.25) is 14.7 Å². The maximum Gasteiger partial charge on any atom is 0.251 e. The highest BCUT2D eigenvalue weighted by Gasteiger charge is 2.38. The van der Waals surface area contributed by atoms with E-state index < -0.39 is 0 Å². The van der Waals surface area contributed by atoms with Crippen LogP contribution in [0.25, 0.3) is 0 Å². The molecule has 3 rings (SSSR count). The van der Waals surface area contributed by atoms with Crippen LogP contribution in [0.1, 0.15) is 48.0 Å². The minimum atomic E-state index is -0.0703. The molecule has 2 fully saturated rings. The van der Waals surface area contributed by atoms with Gasteiger partial charge in [-0.25, -0.2) is 0 Å². The van der Waals surface area contributed by atoms with Crippen LogP contribution in [-0.2, 0) is 11.3 Å². The average molecular weight is 402 g/mol. The van der Waals surface area contributed by atoms with E-state index in [1.54, 1.807) is 14.1 Å². The van der Waals surface area contributed by atoms with Crippen molar-refractivity contribution in [1.82, 2.24) is 20.9 Å². The molecule has 0 aromatic heterocycles. The Hall–Kier alpha value is -2.12. The number of carbonyl (C=O) groups excluding carboxylic acids is 1. The van der Waals surface area contributed by atoms with Gasteiger partial charge in [-0.1, -0.05) is 31.4 Å². The summed E-state index contributed by atoms with van der Waals surface area (Å²) in [5.74, 6) is 0.729. The van der Waals surface area contributed by atoms with Crippen LogP contribution in [0.15, 0.2) is 29.3 Å². The lowest BCUT2D eigenvalue weighted by Crippen LogP contribution is -2.60. The van der Waals surface area contributed by atoms with E-state index in [1.165, 1.54) is 32.1 Å². The summed E-state index contributed by atoms with van der Waals surface area (Å²) in [6, 6.07) is 7.66. The first-order valence-corrected chi connectivity index (χ1v) is 10.8. The lowest BCUT2D eigenvalue weighted by Gasteiger charge is -2.48. The van der Waals surface area contributed by atoms with Gasteiger partial charge in [0.05, 0.1) is 13.2 Å². The van der Waals surface area contributed by atoms with Crippen molar-refractivity contribution in [1.29, 1.82) is 0 Å². The van der Waals surface area contributed by atoms with Crippen LogP contribution in [0.5, 0.6) is 0 Å². The first kappa shape index (κ1) is 21.6. The molecule has 160 valence electrons. The van der Waals surface area contributed by atoms with Crippen LogP contribution in [0.4, 0.5) is 0 Å². The SMILES string of the molecule is CN=C(NCc1cccc(C(=O)NC)c1)NCC1(N2CCOCC2)CCCCC1. The molecule has 1 saturated heterocycles. The Bertz CT molecular complexity index is 694. The van der Waals surface area contributed by atoms with Gasteiger partial charge in [-0.15, -0.1) is 0 Å². The Balaban J connectivity index is 1.58.